The second-order valence-corrected chi connectivity index (χ2v) is 3.60. The van der Waals surface area contributed by atoms with E-state index in [1.54, 1.807) is 14.1 Å². The van der Waals surface area contributed by atoms with Gasteiger partial charge >= 0.3 is 0 Å². The number of amides is 2. The maximum atomic E-state index is 11.1. The molecule has 2 N–H and O–H groups in total. The summed E-state index contributed by atoms with van der Waals surface area (Å²) in [7, 11) is 3.31. The van der Waals surface area contributed by atoms with Crippen molar-refractivity contribution in [2.75, 3.05) is 27.2 Å². The van der Waals surface area contributed by atoms with Crippen molar-refractivity contribution in [2.24, 2.45) is 0 Å². The molecule has 0 heterocycles. The van der Waals surface area contributed by atoms with Gasteiger partial charge in [-0.05, 0) is 0 Å². The van der Waals surface area contributed by atoms with Crippen molar-refractivity contribution in [3.63, 3.8) is 0 Å². The van der Waals surface area contributed by atoms with Crippen LogP contribution in [0.5, 0.6) is 0 Å². The second kappa shape index (κ2) is 6.37. The molecule has 0 unspecified atom stereocenters. The lowest BCUT2D eigenvalue weighted by Gasteiger charge is -2.12. The largest absolute Gasteiger partial charge is 0.347 e. The molecule has 0 radical (unpaired) electrons. The molecule has 0 bridgehead atoms. The van der Waals surface area contributed by atoms with Gasteiger partial charge < -0.3 is 15.5 Å². The Morgan fingerprint density at radius 1 is 1.21 bits per heavy atom. The van der Waals surface area contributed by atoms with E-state index in [1.165, 1.54) is 4.90 Å². The molecule has 0 saturated heterocycles. The van der Waals surface area contributed by atoms with Gasteiger partial charge in [0.15, 0.2) is 0 Å². The number of hydrogen-bond donors (Lipinski definition) is 2. The van der Waals surface area contributed by atoms with E-state index in [4.69, 9.17) is 0 Å². The number of nitrogens with zero attached hydrogens (tertiary/aromatic N) is 1. The summed E-state index contributed by atoms with van der Waals surface area (Å²) in [6.07, 6.45) is 0. The lowest BCUT2D eigenvalue weighted by molar-refractivity contribution is -0.130. The number of carbonyl (C=O) groups is 2. The third-order valence-corrected chi connectivity index (χ3v) is 1.61. The molecule has 0 aromatic heterocycles. The Morgan fingerprint density at radius 2 is 1.79 bits per heavy atom. The van der Waals surface area contributed by atoms with E-state index >= 15 is 0 Å². The fraction of sp³-hybridized carbons (Fsp3) is 0.778. The van der Waals surface area contributed by atoms with Crippen molar-refractivity contribution in [3.8, 4) is 0 Å². The third kappa shape index (κ3) is 6.42. The first-order valence-corrected chi connectivity index (χ1v) is 4.63. The Morgan fingerprint density at radius 3 is 2.21 bits per heavy atom. The summed E-state index contributed by atoms with van der Waals surface area (Å²) >= 11 is 0. The highest BCUT2D eigenvalue weighted by Gasteiger charge is 2.06. The SMILES string of the molecule is CC(C)NCC(=O)NCC(=O)N(C)C. The van der Waals surface area contributed by atoms with Crippen LogP contribution in [0.25, 0.3) is 0 Å². The van der Waals surface area contributed by atoms with Gasteiger partial charge in [-0.25, -0.2) is 0 Å². The van der Waals surface area contributed by atoms with E-state index in [9.17, 15) is 9.59 Å². The predicted octanol–water partition coefficient (Wildman–Crippen LogP) is -0.811. The molecule has 14 heavy (non-hydrogen) atoms. The minimum atomic E-state index is -0.158. The van der Waals surface area contributed by atoms with Crippen molar-refractivity contribution >= 4 is 11.8 Å². The average molecular weight is 201 g/mol. The Bertz CT molecular complexity index is 202. The first kappa shape index (κ1) is 12.9. The van der Waals surface area contributed by atoms with Gasteiger partial charge in [0.05, 0.1) is 13.1 Å². The lowest BCUT2D eigenvalue weighted by atomic mass is 10.4. The van der Waals surface area contributed by atoms with E-state index in [0.717, 1.165) is 0 Å². The molecule has 0 spiro atoms. The molecule has 0 aliphatic heterocycles. The first-order valence-electron chi connectivity index (χ1n) is 4.63. The zero-order chi connectivity index (χ0) is 11.1. The molecular formula is C9H19N3O2. The standard InChI is InChI=1S/C9H19N3O2/c1-7(2)10-5-8(13)11-6-9(14)12(3)4/h7,10H,5-6H2,1-4H3,(H,11,13). The zero-order valence-electron chi connectivity index (χ0n) is 9.26. The fourth-order valence-corrected chi connectivity index (χ4v) is 0.692. The Kier molecular flexibility index (Phi) is 5.87. The lowest BCUT2D eigenvalue weighted by Crippen LogP contribution is -2.41. The van der Waals surface area contributed by atoms with Crippen molar-refractivity contribution < 1.29 is 9.59 Å². The molecule has 2 amide bonds. The Labute approximate surface area is 84.8 Å². The van der Waals surface area contributed by atoms with Gasteiger partial charge in [-0.1, -0.05) is 13.8 Å². The van der Waals surface area contributed by atoms with Crippen LogP contribution in [0.2, 0.25) is 0 Å². The monoisotopic (exact) mass is 201 g/mol. The zero-order valence-corrected chi connectivity index (χ0v) is 9.26. The van der Waals surface area contributed by atoms with Crippen LogP contribution in [0, 0.1) is 0 Å². The molecular weight excluding hydrogens is 182 g/mol. The van der Waals surface area contributed by atoms with E-state index in [-0.39, 0.29) is 30.9 Å². The van der Waals surface area contributed by atoms with Gasteiger partial charge in [-0.15, -0.1) is 0 Å². The van der Waals surface area contributed by atoms with Crippen LogP contribution in [0.3, 0.4) is 0 Å². The van der Waals surface area contributed by atoms with E-state index < -0.39 is 0 Å². The molecule has 0 aromatic rings. The Balaban J connectivity index is 3.59. The normalized spacial score (nSPS) is 10.1. The van der Waals surface area contributed by atoms with Crippen molar-refractivity contribution in [3.05, 3.63) is 0 Å². The quantitative estimate of drug-likeness (QED) is 0.611. The highest BCUT2D eigenvalue weighted by atomic mass is 16.2. The molecule has 0 aliphatic carbocycles. The summed E-state index contributed by atoms with van der Waals surface area (Å²) in [5.74, 6) is -0.267. The number of rotatable bonds is 5. The summed E-state index contributed by atoms with van der Waals surface area (Å²) in [4.78, 5) is 23.6. The molecule has 0 saturated carbocycles. The van der Waals surface area contributed by atoms with Gasteiger partial charge in [0.1, 0.15) is 0 Å². The van der Waals surface area contributed by atoms with Crippen molar-refractivity contribution in [1.29, 1.82) is 0 Å². The molecule has 0 aliphatic rings. The number of carbonyl (C=O) groups excluding carboxylic acids is 2. The predicted molar refractivity (Wildman–Crippen MR) is 54.8 cm³/mol. The number of likely N-dealkylation sites (N-methyl/N-ethyl adjacent to an activating group) is 1. The minimum absolute atomic E-state index is 0.0611. The molecule has 0 fully saturated rings. The summed E-state index contributed by atoms with van der Waals surface area (Å²) in [5.41, 5.74) is 0. The topological polar surface area (TPSA) is 61.4 Å². The van der Waals surface area contributed by atoms with Crippen LogP contribution in [-0.2, 0) is 9.59 Å². The van der Waals surface area contributed by atoms with E-state index in [1.807, 2.05) is 13.8 Å². The van der Waals surface area contributed by atoms with Crippen LogP contribution in [-0.4, -0.2) is 49.9 Å². The molecule has 5 heteroatoms. The smallest absolute Gasteiger partial charge is 0.241 e. The van der Waals surface area contributed by atoms with Crippen LogP contribution in [0.1, 0.15) is 13.8 Å². The highest BCUT2D eigenvalue weighted by Crippen LogP contribution is 1.77. The number of nitrogens with one attached hydrogen (secondary N) is 2. The summed E-state index contributed by atoms with van der Waals surface area (Å²) in [6.45, 7) is 4.22. The van der Waals surface area contributed by atoms with Gasteiger partial charge in [0.25, 0.3) is 0 Å². The fourth-order valence-electron chi connectivity index (χ4n) is 0.692. The van der Waals surface area contributed by atoms with Gasteiger partial charge in [-0.3, -0.25) is 9.59 Å². The molecule has 0 aromatic carbocycles. The second-order valence-electron chi connectivity index (χ2n) is 3.60. The van der Waals surface area contributed by atoms with Crippen molar-refractivity contribution in [1.82, 2.24) is 15.5 Å². The van der Waals surface area contributed by atoms with Crippen LogP contribution in [0.15, 0.2) is 0 Å². The third-order valence-electron chi connectivity index (χ3n) is 1.61. The summed E-state index contributed by atoms with van der Waals surface area (Å²) in [5, 5.41) is 5.49. The molecule has 5 nitrogen and oxygen atoms in total. The molecule has 0 atom stereocenters. The van der Waals surface area contributed by atoms with Crippen LogP contribution >= 0.6 is 0 Å². The van der Waals surface area contributed by atoms with Crippen molar-refractivity contribution in [2.45, 2.75) is 19.9 Å². The number of hydrogen-bond acceptors (Lipinski definition) is 3. The summed E-state index contributed by atoms with van der Waals surface area (Å²) in [6, 6.07) is 0.269. The summed E-state index contributed by atoms with van der Waals surface area (Å²) < 4.78 is 0. The minimum Gasteiger partial charge on any atom is -0.347 e. The maximum Gasteiger partial charge on any atom is 0.241 e. The van der Waals surface area contributed by atoms with Gasteiger partial charge in [-0.2, -0.15) is 0 Å². The van der Waals surface area contributed by atoms with E-state index in [0.29, 0.717) is 0 Å². The maximum absolute atomic E-state index is 11.1. The average Bonchev–Trinajstić information content (AvgIpc) is 2.10. The van der Waals surface area contributed by atoms with E-state index in [2.05, 4.69) is 10.6 Å². The first-order chi connectivity index (χ1) is 6.43. The van der Waals surface area contributed by atoms with Crippen LogP contribution in [0.4, 0.5) is 0 Å². The van der Waals surface area contributed by atoms with Gasteiger partial charge in [0.2, 0.25) is 11.8 Å². The van der Waals surface area contributed by atoms with Crippen LogP contribution < -0.4 is 10.6 Å². The highest BCUT2D eigenvalue weighted by molar-refractivity contribution is 5.85. The Hall–Kier alpha value is -1.10. The molecule has 0 rings (SSSR count). The molecule has 82 valence electrons. The van der Waals surface area contributed by atoms with Gasteiger partial charge in [0, 0.05) is 20.1 Å².